The van der Waals surface area contributed by atoms with E-state index in [2.05, 4.69) is 53.6 Å². The van der Waals surface area contributed by atoms with Crippen LogP contribution in [-0.4, -0.2) is 49.7 Å². The van der Waals surface area contributed by atoms with E-state index in [0.717, 1.165) is 38.0 Å². The van der Waals surface area contributed by atoms with Crippen molar-refractivity contribution < 1.29 is 9.53 Å². The third-order valence-corrected chi connectivity index (χ3v) is 5.15. The maximum Gasteiger partial charge on any atom is 0.239 e. The lowest BCUT2D eigenvalue weighted by Gasteiger charge is -2.35. The molecule has 2 saturated heterocycles. The van der Waals surface area contributed by atoms with Crippen LogP contribution in [-0.2, 0) is 22.6 Å². The Kier molecular flexibility index (Phi) is 10.6. The molecule has 1 aromatic carbocycles. The lowest BCUT2D eigenvalue weighted by Crippen LogP contribution is -2.51. The summed E-state index contributed by atoms with van der Waals surface area (Å²) in [5.74, 6) is 1.54. The lowest BCUT2D eigenvalue weighted by molar-refractivity contribution is -0.126. The van der Waals surface area contributed by atoms with Crippen molar-refractivity contribution >= 4 is 30.7 Å². The first-order valence-corrected chi connectivity index (χ1v) is 9.50. The van der Waals surface area contributed by atoms with Crippen molar-refractivity contribution in [3.05, 3.63) is 35.4 Å². The van der Waals surface area contributed by atoms with E-state index in [9.17, 15) is 4.79 Å². The second-order valence-corrected chi connectivity index (χ2v) is 7.71. The molecule has 5 nitrogen and oxygen atoms in total. The number of carbonyl (C=O) groups excluding carboxylic acids is 1. The van der Waals surface area contributed by atoms with Gasteiger partial charge in [0.1, 0.15) is 6.04 Å². The van der Waals surface area contributed by atoms with E-state index in [1.807, 2.05) is 0 Å². The molecule has 0 aliphatic carbocycles. The minimum absolute atomic E-state index is 0. The summed E-state index contributed by atoms with van der Waals surface area (Å²) in [7, 11) is 0. The van der Waals surface area contributed by atoms with Gasteiger partial charge >= 0.3 is 0 Å². The zero-order valence-corrected chi connectivity index (χ0v) is 17.9. The van der Waals surface area contributed by atoms with Crippen molar-refractivity contribution in [2.75, 3.05) is 32.8 Å². The summed E-state index contributed by atoms with van der Waals surface area (Å²) in [4.78, 5) is 14.8. The Hall–Kier alpha value is -0.850. The van der Waals surface area contributed by atoms with Gasteiger partial charge in [-0.05, 0) is 29.4 Å². The SMILES string of the molecule is CC1CC(C)CN(Cc2ccccc2CNC(=O)C2COCCN2)C1.Cl.Cl. The van der Waals surface area contributed by atoms with Crippen molar-refractivity contribution in [1.29, 1.82) is 0 Å². The molecule has 2 aliphatic heterocycles. The van der Waals surface area contributed by atoms with E-state index < -0.39 is 0 Å². The predicted octanol–water partition coefficient (Wildman–Crippen LogP) is 2.61. The zero-order chi connectivity index (χ0) is 17.6. The van der Waals surface area contributed by atoms with Crippen LogP contribution in [0.5, 0.6) is 0 Å². The molecule has 2 aliphatic rings. The van der Waals surface area contributed by atoms with Gasteiger partial charge < -0.3 is 15.4 Å². The van der Waals surface area contributed by atoms with Crippen molar-refractivity contribution in [2.24, 2.45) is 11.8 Å². The number of hydrogen-bond donors (Lipinski definition) is 2. The molecule has 0 bridgehead atoms. The van der Waals surface area contributed by atoms with E-state index in [0.29, 0.717) is 19.8 Å². The monoisotopic (exact) mass is 417 g/mol. The molecule has 2 N–H and O–H groups in total. The number of amides is 1. The second-order valence-electron chi connectivity index (χ2n) is 7.71. The summed E-state index contributed by atoms with van der Waals surface area (Å²) in [6, 6.07) is 8.22. The summed E-state index contributed by atoms with van der Waals surface area (Å²) in [6.07, 6.45) is 1.32. The molecular weight excluding hydrogens is 385 g/mol. The summed E-state index contributed by atoms with van der Waals surface area (Å²) < 4.78 is 5.37. The summed E-state index contributed by atoms with van der Waals surface area (Å²) in [6.45, 7) is 10.4. The molecule has 154 valence electrons. The Labute approximate surface area is 175 Å². The van der Waals surface area contributed by atoms with Gasteiger partial charge in [-0.1, -0.05) is 38.1 Å². The van der Waals surface area contributed by atoms with Crippen molar-refractivity contribution in [3.63, 3.8) is 0 Å². The van der Waals surface area contributed by atoms with Gasteiger partial charge in [0.05, 0.1) is 13.2 Å². The number of nitrogens with zero attached hydrogens (tertiary/aromatic N) is 1. The normalized spacial score (nSPS) is 25.8. The van der Waals surface area contributed by atoms with Crippen LogP contribution in [0.3, 0.4) is 0 Å². The van der Waals surface area contributed by atoms with E-state index in [1.54, 1.807) is 0 Å². The molecule has 3 rings (SSSR count). The van der Waals surface area contributed by atoms with Crippen LogP contribution in [0, 0.1) is 11.8 Å². The number of ether oxygens (including phenoxy) is 1. The Morgan fingerprint density at radius 2 is 1.85 bits per heavy atom. The average Bonchev–Trinajstić information content (AvgIpc) is 2.60. The topological polar surface area (TPSA) is 53.6 Å². The molecule has 27 heavy (non-hydrogen) atoms. The molecule has 0 saturated carbocycles. The van der Waals surface area contributed by atoms with Gasteiger partial charge in [-0.15, -0.1) is 24.8 Å². The molecule has 0 radical (unpaired) electrons. The number of rotatable bonds is 5. The zero-order valence-electron chi connectivity index (χ0n) is 16.3. The average molecular weight is 418 g/mol. The van der Waals surface area contributed by atoms with Gasteiger partial charge in [0.25, 0.3) is 0 Å². The van der Waals surface area contributed by atoms with E-state index in [1.165, 1.54) is 17.5 Å². The first-order chi connectivity index (χ1) is 12.1. The third kappa shape index (κ3) is 7.24. The molecule has 0 spiro atoms. The first-order valence-electron chi connectivity index (χ1n) is 9.50. The number of carbonyl (C=O) groups is 1. The number of benzene rings is 1. The number of likely N-dealkylation sites (tertiary alicyclic amines) is 1. The van der Waals surface area contributed by atoms with Crippen molar-refractivity contribution in [2.45, 2.75) is 39.4 Å². The van der Waals surface area contributed by atoms with Crippen LogP contribution < -0.4 is 10.6 Å². The molecule has 3 atom stereocenters. The maximum atomic E-state index is 12.3. The number of nitrogens with one attached hydrogen (secondary N) is 2. The molecule has 2 heterocycles. The highest BCUT2D eigenvalue weighted by Crippen LogP contribution is 2.23. The Morgan fingerprint density at radius 3 is 2.48 bits per heavy atom. The Balaban J connectivity index is 0.00000182. The van der Waals surface area contributed by atoms with Crippen molar-refractivity contribution in [3.8, 4) is 0 Å². The highest BCUT2D eigenvalue weighted by molar-refractivity contribution is 5.85. The minimum atomic E-state index is -0.232. The number of halogens is 2. The lowest BCUT2D eigenvalue weighted by atomic mass is 9.91. The van der Waals surface area contributed by atoms with Gasteiger partial charge in [0, 0.05) is 32.7 Å². The molecule has 1 aromatic rings. The number of piperidine rings is 1. The smallest absolute Gasteiger partial charge is 0.239 e. The van der Waals surface area contributed by atoms with Crippen LogP contribution in [0.1, 0.15) is 31.4 Å². The molecule has 0 aromatic heterocycles. The Morgan fingerprint density at radius 1 is 1.19 bits per heavy atom. The van der Waals surface area contributed by atoms with Crippen LogP contribution in [0.15, 0.2) is 24.3 Å². The van der Waals surface area contributed by atoms with Crippen LogP contribution in [0.25, 0.3) is 0 Å². The molecular formula is C20H33Cl2N3O2. The predicted molar refractivity (Wildman–Crippen MR) is 114 cm³/mol. The van der Waals surface area contributed by atoms with E-state index in [4.69, 9.17) is 4.74 Å². The van der Waals surface area contributed by atoms with E-state index in [-0.39, 0.29) is 36.8 Å². The summed E-state index contributed by atoms with van der Waals surface area (Å²) >= 11 is 0. The fourth-order valence-electron chi connectivity index (χ4n) is 4.09. The maximum absolute atomic E-state index is 12.3. The van der Waals surface area contributed by atoms with Crippen LogP contribution in [0.4, 0.5) is 0 Å². The minimum Gasteiger partial charge on any atom is -0.378 e. The molecule has 3 unspecified atom stereocenters. The van der Waals surface area contributed by atoms with E-state index >= 15 is 0 Å². The van der Waals surface area contributed by atoms with Crippen molar-refractivity contribution in [1.82, 2.24) is 15.5 Å². The quantitative estimate of drug-likeness (QED) is 0.772. The molecule has 1 amide bonds. The standard InChI is InChI=1S/C20H31N3O2.2ClH/c1-15-9-16(2)12-23(11-15)13-18-6-4-3-5-17(18)10-22-20(24)19-14-25-8-7-21-19;;/h3-6,15-16,19,21H,7-14H2,1-2H3,(H,22,24);2*1H. The second kappa shape index (κ2) is 11.9. The van der Waals surface area contributed by atoms with Gasteiger partial charge in [-0.3, -0.25) is 9.69 Å². The fourth-order valence-corrected chi connectivity index (χ4v) is 4.09. The summed E-state index contributed by atoms with van der Waals surface area (Å²) in [5.41, 5.74) is 2.52. The Bertz CT molecular complexity index is 572. The highest BCUT2D eigenvalue weighted by Gasteiger charge is 2.23. The first kappa shape index (κ1) is 24.2. The van der Waals surface area contributed by atoms with Gasteiger partial charge in [0.2, 0.25) is 5.91 Å². The fraction of sp³-hybridized carbons (Fsp3) is 0.650. The molecule has 7 heteroatoms. The highest BCUT2D eigenvalue weighted by atomic mass is 35.5. The van der Waals surface area contributed by atoms with Gasteiger partial charge in [0.15, 0.2) is 0 Å². The summed E-state index contributed by atoms with van der Waals surface area (Å²) in [5, 5.41) is 6.26. The number of morpholine rings is 1. The van der Waals surface area contributed by atoms with Crippen LogP contribution >= 0.6 is 24.8 Å². The largest absolute Gasteiger partial charge is 0.378 e. The van der Waals surface area contributed by atoms with Crippen LogP contribution in [0.2, 0.25) is 0 Å². The van der Waals surface area contributed by atoms with Gasteiger partial charge in [-0.25, -0.2) is 0 Å². The third-order valence-electron chi connectivity index (χ3n) is 5.15. The molecule has 2 fully saturated rings. The van der Waals surface area contributed by atoms with Gasteiger partial charge in [-0.2, -0.15) is 0 Å². The number of hydrogen-bond acceptors (Lipinski definition) is 4.